The summed E-state index contributed by atoms with van der Waals surface area (Å²) in [6, 6.07) is 15.5. The molecule has 1 heterocycles. The van der Waals surface area contributed by atoms with Crippen LogP contribution in [0.15, 0.2) is 59.7 Å². The van der Waals surface area contributed by atoms with Gasteiger partial charge in [-0.3, -0.25) is 0 Å². The number of aromatic nitrogens is 1. The standard InChI is InChI=1S/C17H20N4O/c22-17(21-14-10-15-7-2-1-3-8-15)20-13-6-12-19-16-9-4-5-11-18-16/h1-5,7-9,11-12H,6,10,13-14H2,(H2,20,21,22). The van der Waals surface area contributed by atoms with Gasteiger partial charge in [-0.25, -0.2) is 14.8 Å². The molecule has 5 nitrogen and oxygen atoms in total. The second kappa shape index (κ2) is 9.28. The summed E-state index contributed by atoms with van der Waals surface area (Å²) in [7, 11) is 0. The van der Waals surface area contributed by atoms with Gasteiger partial charge in [0, 0.05) is 31.9 Å². The zero-order chi connectivity index (χ0) is 15.5. The molecule has 1 aromatic carbocycles. The smallest absolute Gasteiger partial charge is 0.314 e. The largest absolute Gasteiger partial charge is 0.338 e. The number of benzene rings is 1. The molecule has 0 aliphatic carbocycles. The Morgan fingerprint density at radius 1 is 1.05 bits per heavy atom. The fourth-order valence-corrected chi connectivity index (χ4v) is 1.87. The number of carbonyl (C=O) groups excluding carboxylic acids is 1. The first kappa shape index (κ1) is 15.7. The lowest BCUT2D eigenvalue weighted by Gasteiger charge is -2.06. The predicted octanol–water partition coefficient (Wildman–Crippen LogP) is 2.72. The van der Waals surface area contributed by atoms with Gasteiger partial charge in [0.15, 0.2) is 5.82 Å². The molecule has 114 valence electrons. The SMILES string of the molecule is O=C(NCCC=Nc1ccccn1)NCCc1ccccc1. The van der Waals surface area contributed by atoms with E-state index >= 15 is 0 Å². The molecular weight excluding hydrogens is 276 g/mol. The van der Waals surface area contributed by atoms with Gasteiger partial charge in [0.1, 0.15) is 0 Å². The third-order valence-corrected chi connectivity index (χ3v) is 2.97. The van der Waals surface area contributed by atoms with Gasteiger partial charge in [0.2, 0.25) is 0 Å². The van der Waals surface area contributed by atoms with Crippen molar-refractivity contribution in [2.45, 2.75) is 12.8 Å². The fourth-order valence-electron chi connectivity index (χ4n) is 1.87. The molecule has 0 aliphatic heterocycles. The number of nitrogens with one attached hydrogen (secondary N) is 2. The molecule has 22 heavy (non-hydrogen) atoms. The Hall–Kier alpha value is -2.69. The van der Waals surface area contributed by atoms with Crippen molar-refractivity contribution in [1.29, 1.82) is 0 Å². The number of rotatable bonds is 7. The Morgan fingerprint density at radius 2 is 1.82 bits per heavy atom. The molecule has 5 heteroatoms. The molecule has 0 aliphatic rings. The van der Waals surface area contributed by atoms with E-state index in [0.717, 1.165) is 6.42 Å². The average molecular weight is 296 g/mol. The van der Waals surface area contributed by atoms with E-state index in [1.165, 1.54) is 5.56 Å². The molecule has 0 unspecified atom stereocenters. The van der Waals surface area contributed by atoms with Crippen molar-refractivity contribution in [2.75, 3.05) is 13.1 Å². The zero-order valence-corrected chi connectivity index (χ0v) is 12.4. The maximum absolute atomic E-state index is 11.6. The number of pyridine rings is 1. The van der Waals surface area contributed by atoms with Crippen LogP contribution in [0.2, 0.25) is 0 Å². The van der Waals surface area contributed by atoms with Gasteiger partial charge < -0.3 is 10.6 Å². The number of amides is 2. The van der Waals surface area contributed by atoms with Crippen molar-refractivity contribution in [1.82, 2.24) is 15.6 Å². The first-order valence-corrected chi connectivity index (χ1v) is 7.34. The number of hydrogen-bond donors (Lipinski definition) is 2. The van der Waals surface area contributed by atoms with Crippen molar-refractivity contribution in [3.05, 3.63) is 60.3 Å². The molecule has 0 radical (unpaired) electrons. The van der Waals surface area contributed by atoms with Gasteiger partial charge in [-0.15, -0.1) is 0 Å². The van der Waals surface area contributed by atoms with Gasteiger partial charge >= 0.3 is 6.03 Å². The number of carbonyl (C=O) groups is 1. The monoisotopic (exact) mass is 296 g/mol. The van der Waals surface area contributed by atoms with Crippen LogP contribution in [-0.4, -0.2) is 30.3 Å². The van der Waals surface area contributed by atoms with Crippen LogP contribution in [0.1, 0.15) is 12.0 Å². The highest BCUT2D eigenvalue weighted by atomic mass is 16.2. The molecule has 1 aromatic heterocycles. The highest BCUT2D eigenvalue weighted by Crippen LogP contribution is 2.03. The summed E-state index contributed by atoms with van der Waals surface area (Å²) < 4.78 is 0. The minimum atomic E-state index is -0.151. The van der Waals surface area contributed by atoms with E-state index < -0.39 is 0 Å². The number of nitrogens with zero attached hydrogens (tertiary/aromatic N) is 2. The van der Waals surface area contributed by atoms with Crippen LogP contribution in [0.3, 0.4) is 0 Å². The number of hydrogen-bond acceptors (Lipinski definition) is 3. The molecule has 0 bridgehead atoms. The summed E-state index contributed by atoms with van der Waals surface area (Å²) in [5.74, 6) is 0.676. The van der Waals surface area contributed by atoms with Gasteiger partial charge in [-0.05, 0) is 24.1 Å². The van der Waals surface area contributed by atoms with E-state index in [1.807, 2.05) is 48.5 Å². The van der Waals surface area contributed by atoms with Gasteiger partial charge in [0.05, 0.1) is 0 Å². The summed E-state index contributed by atoms with van der Waals surface area (Å²) in [6.45, 7) is 1.17. The molecule has 2 aromatic rings. The van der Waals surface area contributed by atoms with Crippen LogP contribution in [0.5, 0.6) is 0 Å². The minimum absolute atomic E-state index is 0.151. The highest BCUT2D eigenvalue weighted by Gasteiger charge is 1.98. The first-order valence-electron chi connectivity index (χ1n) is 7.34. The molecule has 0 spiro atoms. The van der Waals surface area contributed by atoms with Crippen molar-refractivity contribution in [2.24, 2.45) is 4.99 Å². The lowest BCUT2D eigenvalue weighted by Crippen LogP contribution is -2.37. The first-order chi connectivity index (χ1) is 10.8. The molecular formula is C17H20N4O. The molecule has 0 atom stereocenters. The lowest BCUT2D eigenvalue weighted by molar-refractivity contribution is 0.241. The third-order valence-electron chi connectivity index (χ3n) is 2.97. The fraction of sp³-hybridized carbons (Fsp3) is 0.235. The van der Waals surface area contributed by atoms with E-state index in [1.54, 1.807) is 12.4 Å². The van der Waals surface area contributed by atoms with Crippen molar-refractivity contribution in [3.8, 4) is 0 Å². The Bertz CT molecular complexity index is 584. The van der Waals surface area contributed by atoms with Crippen LogP contribution >= 0.6 is 0 Å². The summed E-state index contributed by atoms with van der Waals surface area (Å²) in [4.78, 5) is 19.9. The number of aliphatic imine (C=N–C) groups is 1. The zero-order valence-electron chi connectivity index (χ0n) is 12.4. The average Bonchev–Trinajstić information content (AvgIpc) is 2.56. The molecule has 0 fully saturated rings. The van der Waals surface area contributed by atoms with Gasteiger partial charge in [-0.1, -0.05) is 36.4 Å². The topological polar surface area (TPSA) is 66.4 Å². The Labute approximate surface area is 130 Å². The van der Waals surface area contributed by atoms with Crippen LogP contribution in [-0.2, 0) is 6.42 Å². The van der Waals surface area contributed by atoms with E-state index in [-0.39, 0.29) is 6.03 Å². The lowest BCUT2D eigenvalue weighted by atomic mass is 10.1. The summed E-state index contributed by atoms with van der Waals surface area (Å²) in [5, 5.41) is 5.63. The predicted molar refractivity (Wildman–Crippen MR) is 88.6 cm³/mol. The Balaban J connectivity index is 1.55. The second-order valence-electron chi connectivity index (χ2n) is 4.71. The highest BCUT2D eigenvalue weighted by molar-refractivity contribution is 5.74. The van der Waals surface area contributed by atoms with Crippen molar-refractivity contribution >= 4 is 18.1 Å². The van der Waals surface area contributed by atoms with Crippen LogP contribution in [0, 0.1) is 0 Å². The van der Waals surface area contributed by atoms with E-state index in [0.29, 0.717) is 25.3 Å². The third kappa shape index (κ3) is 6.17. The van der Waals surface area contributed by atoms with Crippen LogP contribution < -0.4 is 10.6 Å². The van der Waals surface area contributed by atoms with E-state index in [9.17, 15) is 4.79 Å². The Morgan fingerprint density at radius 3 is 2.59 bits per heavy atom. The van der Waals surface area contributed by atoms with Gasteiger partial charge in [0.25, 0.3) is 0 Å². The van der Waals surface area contributed by atoms with E-state index in [4.69, 9.17) is 0 Å². The number of urea groups is 1. The summed E-state index contributed by atoms with van der Waals surface area (Å²) >= 11 is 0. The molecule has 2 N–H and O–H groups in total. The molecule has 2 amide bonds. The summed E-state index contributed by atoms with van der Waals surface area (Å²) in [6.07, 6.45) is 4.95. The Kier molecular flexibility index (Phi) is 6.62. The molecule has 0 saturated heterocycles. The van der Waals surface area contributed by atoms with Crippen LogP contribution in [0.25, 0.3) is 0 Å². The van der Waals surface area contributed by atoms with Gasteiger partial charge in [-0.2, -0.15) is 0 Å². The summed E-state index contributed by atoms with van der Waals surface area (Å²) in [5.41, 5.74) is 1.21. The maximum atomic E-state index is 11.6. The normalized spacial score (nSPS) is 10.5. The molecule has 2 rings (SSSR count). The second-order valence-corrected chi connectivity index (χ2v) is 4.71. The maximum Gasteiger partial charge on any atom is 0.314 e. The molecule has 0 saturated carbocycles. The van der Waals surface area contributed by atoms with Crippen LogP contribution in [0.4, 0.5) is 10.6 Å². The van der Waals surface area contributed by atoms with Crippen molar-refractivity contribution in [3.63, 3.8) is 0 Å². The van der Waals surface area contributed by atoms with E-state index in [2.05, 4.69) is 20.6 Å². The minimum Gasteiger partial charge on any atom is -0.338 e. The van der Waals surface area contributed by atoms with Crippen molar-refractivity contribution < 1.29 is 4.79 Å². The quantitative estimate of drug-likeness (QED) is 0.609.